The van der Waals surface area contributed by atoms with Gasteiger partial charge in [-0.3, -0.25) is 0 Å². The molecule has 21 heavy (non-hydrogen) atoms. The molecule has 0 aromatic carbocycles. The van der Waals surface area contributed by atoms with Crippen molar-refractivity contribution in [3.63, 3.8) is 0 Å². The molecule has 0 aliphatic heterocycles. The second-order valence-electron chi connectivity index (χ2n) is 8.68. The van der Waals surface area contributed by atoms with E-state index in [-0.39, 0.29) is 0 Å². The molecule has 2 N–H and O–H groups in total. The Labute approximate surface area is 131 Å². The predicted octanol–water partition coefficient (Wildman–Crippen LogP) is 5.08. The van der Waals surface area contributed by atoms with Crippen molar-refractivity contribution in [2.75, 3.05) is 6.54 Å². The second kappa shape index (κ2) is 5.26. The summed E-state index contributed by atoms with van der Waals surface area (Å²) in [6.45, 7) is 10.6. The molecule has 2 unspecified atom stereocenters. The van der Waals surface area contributed by atoms with E-state index >= 15 is 0 Å². The Kier molecular flexibility index (Phi) is 3.84. The summed E-state index contributed by atoms with van der Waals surface area (Å²) in [5.74, 6) is 2.27. The number of fused-ring (bicyclic) bond motifs is 3. The summed E-state index contributed by atoms with van der Waals surface area (Å²) < 4.78 is 0. The van der Waals surface area contributed by atoms with Gasteiger partial charge in [-0.25, -0.2) is 0 Å². The van der Waals surface area contributed by atoms with Gasteiger partial charge in [0.1, 0.15) is 0 Å². The molecule has 1 saturated carbocycles. The van der Waals surface area contributed by atoms with Gasteiger partial charge in [-0.15, -0.1) is 0 Å². The van der Waals surface area contributed by atoms with Gasteiger partial charge in [0.05, 0.1) is 0 Å². The molecule has 1 fully saturated rings. The van der Waals surface area contributed by atoms with Crippen LogP contribution in [0.4, 0.5) is 0 Å². The third-order valence-electron chi connectivity index (χ3n) is 7.17. The lowest BCUT2D eigenvalue weighted by molar-refractivity contribution is -0.0438. The molecule has 3 aliphatic rings. The molecule has 1 nitrogen and oxygen atoms in total. The fourth-order valence-corrected chi connectivity index (χ4v) is 5.72. The Morgan fingerprint density at radius 2 is 2.05 bits per heavy atom. The maximum absolute atomic E-state index is 6.20. The topological polar surface area (TPSA) is 26.0 Å². The lowest BCUT2D eigenvalue weighted by Crippen LogP contribution is -2.52. The van der Waals surface area contributed by atoms with Crippen LogP contribution in [-0.2, 0) is 0 Å². The van der Waals surface area contributed by atoms with Crippen molar-refractivity contribution < 1.29 is 0 Å². The first kappa shape index (κ1) is 15.3. The van der Waals surface area contributed by atoms with Crippen LogP contribution in [0.15, 0.2) is 23.3 Å². The molecule has 0 heterocycles. The lowest BCUT2D eigenvalue weighted by Gasteiger charge is -2.58. The molecule has 0 spiro atoms. The van der Waals surface area contributed by atoms with Crippen molar-refractivity contribution in [3.8, 4) is 0 Å². The van der Waals surface area contributed by atoms with E-state index in [0.29, 0.717) is 16.7 Å². The zero-order chi connectivity index (χ0) is 15.3. The molecule has 118 valence electrons. The van der Waals surface area contributed by atoms with Crippen LogP contribution in [0, 0.1) is 28.6 Å². The van der Waals surface area contributed by atoms with Crippen LogP contribution in [-0.4, -0.2) is 6.54 Å². The third-order valence-corrected chi connectivity index (χ3v) is 7.17. The van der Waals surface area contributed by atoms with Crippen molar-refractivity contribution in [1.82, 2.24) is 0 Å². The van der Waals surface area contributed by atoms with E-state index in [4.69, 9.17) is 5.73 Å². The van der Waals surface area contributed by atoms with Crippen LogP contribution in [0.5, 0.6) is 0 Å². The van der Waals surface area contributed by atoms with Gasteiger partial charge in [0, 0.05) is 0 Å². The average molecular weight is 287 g/mol. The van der Waals surface area contributed by atoms with E-state index in [1.54, 1.807) is 11.1 Å². The predicted molar refractivity (Wildman–Crippen MR) is 91.0 cm³/mol. The first-order chi connectivity index (χ1) is 9.90. The molecule has 0 amide bonds. The van der Waals surface area contributed by atoms with Crippen LogP contribution < -0.4 is 5.73 Å². The van der Waals surface area contributed by atoms with Gasteiger partial charge >= 0.3 is 0 Å². The summed E-state index contributed by atoms with van der Waals surface area (Å²) in [6.07, 6.45) is 13.1. The van der Waals surface area contributed by atoms with E-state index in [2.05, 4.69) is 39.8 Å². The summed E-state index contributed by atoms with van der Waals surface area (Å²) in [7, 11) is 0. The normalized spacial score (nSPS) is 43.0. The number of allylic oxidation sites excluding steroid dienone is 4. The van der Waals surface area contributed by atoms with Gasteiger partial charge in [0.25, 0.3) is 0 Å². The number of rotatable bonds is 2. The smallest absolute Gasteiger partial charge is 0.00202 e. The third kappa shape index (κ3) is 2.32. The van der Waals surface area contributed by atoms with Gasteiger partial charge in [0.2, 0.25) is 0 Å². The van der Waals surface area contributed by atoms with Gasteiger partial charge in [-0.2, -0.15) is 0 Å². The minimum atomic E-state index is 0.358. The zero-order valence-corrected chi connectivity index (χ0v) is 14.4. The first-order valence-electron chi connectivity index (χ1n) is 9.01. The summed E-state index contributed by atoms with van der Waals surface area (Å²) in [5.41, 5.74) is 10.4. The molecule has 3 aliphatic carbocycles. The van der Waals surface area contributed by atoms with Crippen molar-refractivity contribution in [2.24, 2.45) is 34.3 Å². The minimum absolute atomic E-state index is 0.358. The van der Waals surface area contributed by atoms with Crippen molar-refractivity contribution in [1.29, 1.82) is 0 Å². The van der Waals surface area contributed by atoms with Crippen LogP contribution >= 0.6 is 0 Å². The maximum atomic E-state index is 6.20. The molecule has 4 atom stereocenters. The molecule has 0 saturated heterocycles. The van der Waals surface area contributed by atoms with E-state index < -0.39 is 0 Å². The summed E-state index contributed by atoms with van der Waals surface area (Å²) in [6, 6.07) is 0. The standard InChI is InChI=1S/C20H33N/c1-14(2)15-6-8-17-16(12-15)7-9-18-19(3,13-21)10-5-11-20(17,18)4/h7,12,14,17-18H,5-6,8-11,13,21H2,1-4H3/t17?,18?,19-,20-/m0/s1. The average Bonchev–Trinajstić information content (AvgIpc) is 2.46. The SMILES string of the molecule is CC(C)C1=CC2=CCC3[C@](C)(CN)CCC[C@@]3(C)C2CC1. The number of nitrogens with two attached hydrogens (primary N) is 1. The fourth-order valence-electron chi connectivity index (χ4n) is 5.72. The zero-order valence-electron chi connectivity index (χ0n) is 14.4. The van der Waals surface area contributed by atoms with Crippen LogP contribution in [0.2, 0.25) is 0 Å². The van der Waals surface area contributed by atoms with E-state index in [1.807, 2.05) is 0 Å². The lowest BCUT2D eigenvalue weighted by atomic mass is 9.47. The van der Waals surface area contributed by atoms with E-state index in [9.17, 15) is 0 Å². The largest absolute Gasteiger partial charge is 0.330 e. The maximum Gasteiger partial charge on any atom is -0.00202 e. The van der Waals surface area contributed by atoms with E-state index in [0.717, 1.165) is 18.4 Å². The Morgan fingerprint density at radius 1 is 1.29 bits per heavy atom. The molecule has 3 rings (SSSR count). The quantitative estimate of drug-likeness (QED) is 0.753. The van der Waals surface area contributed by atoms with Gasteiger partial charge in [-0.05, 0) is 72.8 Å². The number of hydrogen-bond acceptors (Lipinski definition) is 1. The molecule has 0 radical (unpaired) electrons. The molecule has 1 heteroatoms. The Hall–Kier alpha value is -0.560. The molecular formula is C20H33N. The Bertz CT molecular complexity index is 472. The van der Waals surface area contributed by atoms with Gasteiger partial charge in [0.15, 0.2) is 0 Å². The van der Waals surface area contributed by atoms with Crippen molar-refractivity contribution >= 4 is 0 Å². The molecule has 0 aromatic rings. The highest BCUT2D eigenvalue weighted by Crippen LogP contribution is 2.61. The molecular weight excluding hydrogens is 254 g/mol. The van der Waals surface area contributed by atoms with Gasteiger partial charge < -0.3 is 5.73 Å². The van der Waals surface area contributed by atoms with Crippen molar-refractivity contribution in [3.05, 3.63) is 23.3 Å². The minimum Gasteiger partial charge on any atom is -0.330 e. The fraction of sp³-hybridized carbons (Fsp3) is 0.800. The highest BCUT2D eigenvalue weighted by Gasteiger charge is 2.53. The monoisotopic (exact) mass is 287 g/mol. The van der Waals surface area contributed by atoms with Crippen LogP contribution in [0.1, 0.15) is 66.2 Å². The highest BCUT2D eigenvalue weighted by atomic mass is 14.7. The summed E-state index contributed by atoms with van der Waals surface area (Å²) in [5, 5.41) is 0. The molecule has 0 bridgehead atoms. The summed E-state index contributed by atoms with van der Waals surface area (Å²) >= 11 is 0. The van der Waals surface area contributed by atoms with E-state index in [1.165, 1.54) is 38.5 Å². The Morgan fingerprint density at radius 3 is 2.71 bits per heavy atom. The number of hydrogen-bond donors (Lipinski definition) is 1. The first-order valence-corrected chi connectivity index (χ1v) is 9.01. The molecule has 0 aromatic heterocycles. The van der Waals surface area contributed by atoms with Gasteiger partial charge in [-0.1, -0.05) is 51.8 Å². The van der Waals surface area contributed by atoms with Crippen LogP contribution in [0.3, 0.4) is 0 Å². The van der Waals surface area contributed by atoms with Crippen LogP contribution in [0.25, 0.3) is 0 Å². The Balaban J connectivity index is 1.97. The van der Waals surface area contributed by atoms with Crippen molar-refractivity contribution in [2.45, 2.75) is 66.2 Å². The highest BCUT2D eigenvalue weighted by molar-refractivity contribution is 5.35. The second-order valence-corrected chi connectivity index (χ2v) is 8.68. The summed E-state index contributed by atoms with van der Waals surface area (Å²) in [4.78, 5) is 0.